The molecule has 0 bridgehead atoms. The van der Waals surface area contributed by atoms with Crippen LogP contribution < -0.4 is 0 Å². The van der Waals surface area contributed by atoms with E-state index in [0.717, 1.165) is 44.1 Å². The lowest BCUT2D eigenvalue weighted by atomic mass is 9.89. The van der Waals surface area contributed by atoms with E-state index in [1.165, 1.54) is 0 Å². The third kappa shape index (κ3) is 8.50. The van der Waals surface area contributed by atoms with Crippen LogP contribution in [-0.4, -0.2) is 33.5 Å². The Morgan fingerprint density at radius 1 is 1.32 bits per heavy atom. The second-order valence-electron chi connectivity index (χ2n) is 7.06. The molecule has 4 heteroatoms. The van der Waals surface area contributed by atoms with E-state index in [4.69, 9.17) is 5.11 Å². The topological polar surface area (TPSA) is 77.8 Å². The van der Waals surface area contributed by atoms with Crippen molar-refractivity contribution < 1.29 is 20.1 Å². The van der Waals surface area contributed by atoms with Crippen LogP contribution in [0.1, 0.15) is 64.7 Å². The van der Waals surface area contributed by atoms with Crippen LogP contribution in [-0.2, 0) is 4.79 Å². The molecule has 0 amide bonds. The van der Waals surface area contributed by atoms with Crippen LogP contribution in [0.3, 0.4) is 0 Å². The maximum Gasteiger partial charge on any atom is 0.303 e. The van der Waals surface area contributed by atoms with E-state index in [9.17, 15) is 15.0 Å². The van der Waals surface area contributed by atoms with E-state index in [2.05, 4.69) is 13.5 Å². The number of carbonyl (C=O) groups is 1. The zero-order chi connectivity index (χ0) is 18.7. The molecule has 4 nitrogen and oxygen atoms in total. The number of hydrogen-bond donors (Lipinski definition) is 3. The molecule has 0 aromatic carbocycles. The lowest BCUT2D eigenvalue weighted by Crippen LogP contribution is -2.18. The standard InChI is InChI=1S/C21H34O4/c1-3-4-7-10-17(22)13-14-18-16(2)15-20(23)19(18)11-8-5-6-9-12-21(24)25/h5,8,13-14,17-20,22-23H,2-4,6-7,9-12,15H2,1H3,(H,24,25)/b8-5+,14-13?/t17-,18-,19+,20-/m0/s1. The molecule has 0 radical (unpaired) electrons. The molecule has 4 atom stereocenters. The van der Waals surface area contributed by atoms with Gasteiger partial charge in [-0.05, 0) is 38.0 Å². The quantitative estimate of drug-likeness (QED) is 0.363. The summed E-state index contributed by atoms with van der Waals surface area (Å²) in [5.41, 5.74) is 1.02. The molecule has 1 saturated carbocycles. The van der Waals surface area contributed by atoms with Crippen LogP contribution in [0.4, 0.5) is 0 Å². The molecule has 0 saturated heterocycles. The van der Waals surface area contributed by atoms with Crippen LogP contribution in [0.15, 0.2) is 36.5 Å². The highest BCUT2D eigenvalue weighted by molar-refractivity contribution is 5.66. The summed E-state index contributed by atoms with van der Waals surface area (Å²) >= 11 is 0. The van der Waals surface area contributed by atoms with Crippen molar-refractivity contribution in [3.8, 4) is 0 Å². The molecule has 0 aromatic rings. The van der Waals surface area contributed by atoms with Crippen LogP contribution in [0.25, 0.3) is 0 Å². The molecule has 3 N–H and O–H groups in total. The number of allylic oxidation sites excluding steroid dienone is 3. The average Bonchev–Trinajstić information content (AvgIpc) is 2.82. The number of aliphatic hydroxyl groups is 2. The minimum Gasteiger partial charge on any atom is -0.481 e. The van der Waals surface area contributed by atoms with Gasteiger partial charge < -0.3 is 15.3 Å². The SMILES string of the molecule is C=C1C[C@H](O)[C@H](C/C=C/CCCC(=O)O)[C@H]1C=C[C@@H](O)CCCCC. The van der Waals surface area contributed by atoms with Gasteiger partial charge in [-0.2, -0.15) is 0 Å². The van der Waals surface area contributed by atoms with E-state index >= 15 is 0 Å². The second kappa shape index (κ2) is 12.0. The van der Waals surface area contributed by atoms with Gasteiger partial charge in [-0.1, -0.05) is 62.6 Å². The van der Waals surface area contributed by atoms with E-state index in [0.29, 0.717) is 12.8 Å². The van der Waals surface area contributed by atoms with Gasteiger partial charge in [0.05, 0.1) is 12.2 Å². The lowest BCUT2D eigenvalue weighted by Gasteiger charge is -2.18. The Bertz CT molecular complexity index is 467. The highest BCUT2D eigenvalue weighted by Gasteiger charge is 2.35. The van der Waals surface area contributed by atoms with Gasteiger partial charge in [0, 0.05) is 12.3 Å². The first kappa shape index (κ1) is 21.7. The first-order valence-corrected chi connectivity index (χ1v) is 9.54. The van der Waals surface area contributed by atoms with Crippen molar-refractivity contribution in [1.82, 2.24) is 0 Å². The van der Waals surface area contributed by atoms with Gasteiger partial charge in [-0.25, -0.2) is 0 Å². The predicted octanol–water partition coefficient (Wildman–Crippen LogP) is 4.24. The van der Waals surface area contributed by atoms with Crippen molar-refractivity contribution in [1.29, 1.82) is 0 Å². The van der Waals surface area contributed by atoms with Crippen molar-refractivity contribution >= 4 is 5.97 Å². The summed E-state index contributed by atoms with van der Waals surface area (Å²) in [7, 11) is 0. The first-order valence-electron chi connectivity index (χ1n) is 9.54. The maximum absolute atomic E-state index is 10.5. The predicted molar refractivity (Wildman–Crippen MR) is 101 cm³/mol. The highest BCUT2D eigenvalue weighted by atomic mass is 16.4. The Balaban J connectivity index is 2.48. The van der Waals surface area contributed by atoms with Gasteiger partial charge in [-0.15, -0.1) is 0 Å². The van der Waals surface area contributed by atoms with Crippen LogP contribution in [0, 0.1) is 11.8 Å². The number of unbranched alkanes of at least 4 members (excludes halogenated alkanes) is 3. The number of rotatable bonds is 12. The Hall–Kier alpha value is -1.39. The number of carboxylic acid groups (broad SMARTS) is 1. The lowest BCUT2D eigenvalue weighted by molar-refractivity contribution is -0.137. The van der Waals surface area contributed by atoms with Crippen molar-refractivity contribution in [2.24, 2.45) is 11.8 Å². The molecule has 0 unspecified atom stereocenters. The molecule has 0 aromatic heterocycles. The molecule has 1 rings (SSSR count). The molecule has 25 heavy (non-hydrogen) atoms. The maximum atomic E-state index is 10.5. The number of aliphatic hydroxyl groups excluding tert-OH is 2. The Kier molecular flexibility index (Phi) is 10.4. The fraction of sp³-hybridized carbons (Fsp3) is 0.667. The Morgan fingerprint density at radius 2 is 2.08 bits per heavy atom. The first-order chi connectivity index (χ1) is 12.0. The Labute approximate surface area is 152 Å². The summed E-state index contributed by atoms with van der Waals surface area (Å²) in [5.74, 6) is -0.583. The smallest absolute Gasteiger partial charge is 0.303 e. The van der Waals surface area contributed by atoms with Crippen molar-refractivity contribution in [2.45, 2.75) is 76.9 Å². The zero-order valence-electron chi connectivity index (χ0n) is 15.4. The summed E-state index contributed by atoms with van der Waals surface area (Å²) in [6, 6.07) is 0. The van der Waals surface area contributed by atoms with Gasteiger partial charge >= 0.3 is 5.97 Å². The van der Waals surface area contributed by atoms with E-state index < -0.39 is 18.2 Å². The summed E-state index contributed by atoms with van der Waals surface area (Å²) < 4.78 is 0. The third-order valence-electron chi connectivity index (χ3n) is 4.88. The Morgan fingerprint density at radius 3 is 2.76 bits per heavy atom. The summed E-state index contributed by atoms with van der Waals surface area (Å²) in [6.45, 7) is 6.23. The van der Waals surface area contributed by atoms with Gasteiger partial charge in [0.15, 0.2) is 0 Å². The molecule has 0 aliphatic heterocycles. The molecule has 0 heterocycles. The molecule has 1 aliphatic rings. The average molecular weight is 350 g/mol. The molecular weight excluding hydrogens is 316 g/mol. The molecular formula is C21H34O4. The second-order valence-corrected chi connectivity index (χ2v) is 7.06. The fourth-order valence-electron chi connectivity index (χ4n) is 3.37. The van der Waals surface area contributed by atoms with Crippen LogP contribution in [0.5, 0.6) is 0 Å². The minimum atomic E-state index is -0.765. The molecule has 1 aliphatic carbocycles. The number of hydrogen-bond acceptors (Lipinski definition) is 3. The normalized spacial score (nSPS) is 25.2. The molecule has 142 valence electrons. The summed E-state index contributed by atoms with van der Waals surface area (Å²) in [4.78, 5) is 10.5. The van der Waals surface area contributed by atoms with Gasteiger partial charge in [0.25, 0.3) is 0 Å². The fourth-order valence-corrected chi connectivity index (χ4v) is 3.37. The largest absolute Gasteiger partial charge is 0.481 e. The third-order valence-corrected chi connectivity index (χ3v) is 4.88. The van der Waals surface area contributed by atoms with Gasteiger partial charge in [-0.3, -0.25) is 4.79 Å². The number of aliphatic carboxylic acids is 1. The minimum absolute atomic E-state index is 0.0855. The molecule has 1 fully saturated rings. The van der Waals surface area contributed by atoms with Gasteiger partial charge in [0.1, 0.15) is 0 Å². The zero-order valence-corrected chi connectivity index (χ0v) is 15.4. The number of carboxylic acids is 1. The summed E-state index contributed by atoms with van der Waals surface area (Å²) in [5, 5.41) is 28.9. The molecule has 0 spiro atoms. The van der Waals surface area contributed by atoms with Crippen molar-refractivity contribution in [3.05, 3.63) is 36.5 Å². The van der Waals surface area contributed by atoms with Crippen molar-refractivity contribution in [2.75, 3.05) is 0 Å². The van der Waals surface area contributed by atoms with Gasteiger partial charge in [0.2, 0.25) is 0 Å². The van der Waals surface area contributed by atoms with E-state index in [1.54, 1.807) is 0 Å². The van der Waals surface area contributed by atoms with E-state index in [1.807, 2.05) is 24.3 Å². The van der Waals surface area contributed by atoms with Crippen LogP contribution in [0.2, 0.25) is 0 Å². The van der Waals surface area contributed by atoms with Crippen LogP contribution >= 0.6 is 0 Å². The monoisotopic (exact) mass is 350 g/mol. The van der Waals surface area contributed by atoms with E-state index in [-0.39, 0.29) is 18.3 Å². The summed E-state index contributed by atoms with van der Waals surface area (Å²) in [6.07, 6.45) is 14.1. The van der Waals surface area contributed by atoms with Crippen molar-refractivity contribution in [3.63, 3.8) is 0 Å². The highest BCUT2D eigenvalue weighted by Crippen LogP contribution is 2.39.